The van der Waals surface area contributed by atoms with Gasteiger partial charge in [0.25, 0.3) is 11.5 Å². The van der Waals surface area contributed by atoms with Crippen molar-refractivity contribution in [2.24, 2.45) is 0 Å². The number of nitrogens with zero attached hydrogens (tertiary/aromatic N) is 4. The number of halogens is 1. The van der Waals surface area contributed by atoms with Crippen molar-refractivity contribution in [1.82, 2.24) is 20.0 Å². The van der Waals surface area contributed by atoms with Crippen LogP contribution in [0.4, 0.5) is 5.69 Å². The van der Waals surface area contributed by atoms with Gasteiger partial charge in [-0.1, -0.05) is 23.7 Å². The second-order valence-electron chi connectivity index (χ2n) is 8.86. The zero-order valence-electron chi connectivity index (χ0n) is 19.9. The van der Waals surface area contributed by atoms with Crippen molar-refractivity contribution in [2.45, 2.75) is 32.5 Å². The van der Waals surface area contributed by atoms with E-state index in [4.69, 9.17) is 11.6 Å². The highest BCUT2D eigenvalue weighted by atomic mass is 35.5. The third-order valence-electron chi connectivity index (χ3n) is 5.74. The van der Waals surface area contributed by atoms with E-state index in [-0.39, 0.29) is 30.1 Å². The molecule has 0 unspecified atom stereocenters. The Morgan fingerprint density at radius 2 is 1.81 bits per heavy atom. The van der Waals surface area contributed by atoms with E-state index in [0.29, 0.717) is 35.1 Å². The first-order chi connectivity index (χ1) is 17.2. The quantitative estimate of drug-likeness (QED) is 0.551. The summed E-state index contributed by atoms with van der Waals surface area (Å²) >= 11 is 5.94. The predicted molar refractivity (Wildman–Crippen MR) is 137 cm³/mol. The van der Waals surface area contributed by atoms with Crippen LogP contribution in [0, 0.1) is 11.3 Å². The van der Waals surface area contributed by atoms with Crippen molar-refractivity contribution in [3.63, 3.8) is 0 Å². The predicted octanol–water partition coefficient (Wildman–Crippen LogP) is 2.90. The molecule has 0 bridgehead atoms. The van der Waals surface area contributed by atoms with Crippen molar-refractivity contribution in [3.05, 3.63) is 81.1 Å². The molecule has 1 fully saturated rings. The molecule has 10 heteroatoms. The fourth-order valence-corrected chi connectivity index (χ4v) is 4.36. The van der Waals surface area contributed by atoms with E-state index < -0.39 is 11.5 Å². The van der Waals surface area contributed by atoms with Crippen LogP contribution in [0.25, 0.3) is 11.3 Å². The Morgan fingerprint density at radius 1 is 1.11 bits per heavy atom. The summed E-state index contributed by atoms with van der Waals surface area (Å²) in [5.41, 5.74) is 1.66. The van der Waals surface area contributed by atoms with E-state index >= 15 is 0 Å². The number of benzene rings is 2. The number of hydrogen-bond donors (Lipinski definition) is 2. The number of hydrogen-bond acceptors (Lipinski definition) is 6. The van der Waals surface area contributed by atoms with E-state index in [9.17, 15) is 19.6 Å². The van der Waals surface area contributed by atoms with Gasteiger partial charge in [-0.3, -0.25) is 14.4 Å². The highest BCUT2D eigenvalue weighted by Crippen LogP contribution is 2.20. The highest BCUT2D eigenvalue weighted by Gasteiger charge is 2.26. The van der Waals surface area contributed by atoms with E-state index in [1.807, 2.05) is 19.9 Å². The Bertz CT molecular complexity index is 1390. The first-order valence-electron chi connectivity index (χ1n) is 11.5. The van der Waals surface area contributed by atoms with Crippen LogP contribution in [-0.4, -0.2) is 51.7 Å². The van der Waals surface area contributed by atoms with Gasteiger partial charge in [0.05, 0.1) is 17.3 Å². The van der Waals surface area contributed by atoms with Gasteiger partial charge in [-0.25, -0.2) is 4.68 Å². The van der Waals surface area contributed by atoms with E-state index in [1.54, 1.807) is 41.3 Å². The highest BCUT2D eigenvalue weighted by molar-refractivity contribution is 6.30. The number of carbonyl (C=O) groups is 2. The Kier molecular flexibility index (Phi) is 7.48. The maximum atomic E-state index is 13.1. The van der Waals surface area contributed by atoms with Gasteiger partial charge in [0, 0.05) is 53.1 Å². The van der Waals surface area contributed by atoms with Crippen molar-refractivity contribution >= 4 is 29.1 Å². The van der Waals surface area contributed by atoms with Gasteiger partial charge in [-0.2, -0.15) is 10.4 Å². The standard InChI is InChI=1S/C26H25ClN6O3/c1-16-13-32(14-17(2)29-16)26(36)20-9-18(12-28)10-22(11-20)30-24(34)15-33-25(35)8-7-23(31-33)19-3-5-21(27)6-4-19/h3-11,16-17,29H,13-15H2,1-2H3,(H,30,34)/t16-,17-/m1/s1. The molecule has 9 nitrogen and oxygen atoms in total. The summed E-state index contributed by atoms with van der Waals surface area (Å²) in [7, 11) is 0. The third-order valence-corrected chi connectivity index (χ3v) is 5.99. The summed E-state index contributed by atoms with van der Waals surface area (Å²) < 4.78 is 1.06. The van der Waals surface area contributed by atoms with Gasteiger partial charge in [-0.15, -0.1) is 0 Å². The zero-order chi connectivity index (χ0) is 25.8. The van der Waals surface area contributed by atoms with Crippen LogP contribution in [0.3, 0.4) is 0 Å². The number of aromatic nitrogens is 2. The Balaban J connectivity index is 1.52. The normalized spacial score (nSPS) is 17.3. The zero-order valence-corrected chi connectivity index (χ0v) is 20.6. The average Bonchev–Trinajstić information content (AvgIpc) is 2.84. The molecule has 4 rings (SSSR count). The van der Waals surface area contributed by atoms with E-state index in [2.05, 4.69) is 15.7 Å². The van der Waals surface area contributed by atoms with Crippen LogP contribution in [0.15, 0.2) is 59.4 Å². The fraction of sp³-hybridized carbons (Fsp3) is 0.269. The van der Waals surface area contributed by atoms with Gasteiger partial charge in [0.15, 0.2) is 0 Å². The maximum Gasteiger partial charge on any atom is 0.267 e. The summed E-state index contributed by atoms with van der Waals surface area (Å²) in [5, 5.41) is 20.4. The number of anilines is 1. The third kappa shape index (κ3) is 5.97. The fourth-order valence-electron chi connectivity index (χ4n) is 4.24. The molecule has 2 amide bonds. The summed E-state index contributed by atoms with van der Waals surface area (Å²) in [6.07, 6.45) is 0. The Morgan fingerprint density at radius 3 is 2.47 bits per heavy atom. The van der Waals surface area contributed by atoms with E-state index in [1.165, 1.54) is 18.2 Å². The summed E-state index contributed by atoms with van der Waals surface area (Å²) in [5.74, 6) is -0.730. The van der Waals surface area contributed by atoms with Crippen molar-refractivity contribution in [2.75, 3.05) is 18.4 Å². The summed E-state index contributed by atoms with van der Waals surface area (Å²) in [6, 6.07) is 16.7. The molecule has 2 heterocycles. The molecule has 0 spiro atoms. The lowest BCUT2D eigenvalue weighted by Crippen LogP contribution is -2.55. The number of amides is 2. The molecule has 1 aliphatic heterocycles. The molecule has 0 saturated carbocycles. The molecule has 1 aromatic heterocycles. The lowest BCUT2D eigenvalue weighted by Gasteiger charge is -2.36. The van der Waals surface area contributed by atoms with Crippen molar-refractivity contribution < 1.29 is 9.59 Å². The molecule has 2 N–H and O–H groups in total. The van der Waals surface area contributed by atoms with Crippen LogP contribution in [-0.2, 0) is 11.3 Å². The Hall–Kier alpha value is -4.00. The molecule has 2 atom stereocenters. The Labute approximate surface area is 213 Å². The van der Waals surface area contributed by atoms with Gasteiger partial charge in [0.2, 0.25) is 5.91 Å². The second-order valence-corrected chi connectivity index (χ2v) is 9.30. The molecule has 1 saturated heterocycles. The molecule has 0 aliphatic carbocycles. The minimum Gasteiger partial charge on any atom is -0.336 e. The minimum atomic E-state index is -0.518. The van der Waals surface area contributed by atoms with Crippen molar-refractivity contribution in [1.29, 1.82) is 5.26 Å². The SMILES string of the molecule is C[C@@H]1CN(C(=O)c2cc(C#N)cc(NC(=O)Cn3nc(-c4ccc(Cl)cc4)ccc3=O)c2)C[C@@H](C)N1. The molecule has 2 aromatic carbocycles. The van der Waals surface area contributed by atoms with Crippen LogP contribution < -0.4 is 16.2 Å². The molecular weight excluding hydrogens is 480 g/mol. The average molecular weight is 505 g/mol. The maximum absolute atomic E-state index is 13.1. The lowest BCUT2D eigenvalue weighted by molar-refractivity contribution is -0.117. The van der Waals surface area contributed by atoms with Crippen LogP contribution in [0.1, 0.15) is 29.8 Å². The molecule has 3 aromatic rings. The summed E-state index contributed by atoms with van der Waals surface area (Å²) in [6.45, 7) is 4.75. The van der Waals surface area contributed by atoms with Crippen LogP contribution in [0.2, 0.25) is 5.02 Å². The first-order valence-corrected chi connectivity index (χ1v) is 11.8. The molecule has 0 radical (unpaired) electrons. The monoisotopic (exact) mass is 504 g/mol. The molecule has 36 heavy (non-hydrogen) atoms. The van der Waals surface area contributed by atoms with Gasteiger partial charge in [0.1, 0.15) is 6.54 Å². The van der Waals surface area contributed by atoms with Gasteiger partial charge >= 0.3 is 0 Å². The number of rotatable bonds is 5. The largest absolute Gasteiger partial charge is 0.336 e. The van der Waals surface area contributed by atoms with Gasteiger partial charge in [-0.05, 0) is 50.2 Å². The number of carbonyl (C=O) groups excluding carboxylic acids is 2. The first kappa shape index (κ1) is 25.1. The minimum absolute atomic E-state index is 0.144. The summed E-state index contributed by atoms with van der Waals surface area (Å²) in [4.78, 5) is 40.0. The van der Waals surface area contributed by atoms with Crippen LogP contribution >= 0.6 is 11.6 Å². The lowest BCUT2D eigenvalue weighted by atomic mass is 10.1. The molecular formula is C26H25ClN6O3. The number of nitrogens with one attached hydrogen (secondary N) is 2. The molecule has 184 valence electrons. The second kappa shape index (κ2) is 10.7. The number of piperazine rings is 1. The topological polar surface area (TPSA) is 120 Å². The van der Waals surface area contributed by atoms with Crippen molar-refractivity contribution in [3.8, 4) is 17.3 Å². The van der Waals surface area contributed by atoms with Crippen LogP contribution in [0.5, 0.6) is 0 Å². The van der Waals surface area contributed by atoms with E-state index in [0.717, 1.165) is 10.2 Å². The molecule has 1 aliphatic rings. The number of nitriles is 1. The smallest absolute Gasteiger partial charge is 0.267 e. The van der Waals surface area contributed by atoms with Gasteiger partial charge < -0.3 is 15.5 Å².